The minimum atomic E-state index is -0.350. The fourth-order valence-corrected chi connectivity index (χ4v) is 2.97. The van der Waals surface area contributed by atoms with Crippen LogP contribution in [0.3, 0.4) is 0 Å². The molecule has 1 heterocycles. The quantitative estimate of drug-likeness (QED) is 0.678. The van der Waals surface area contributed by atoms with Crippen molar-refractivity contribution in [1.82, 2.24) is 20.4 Å². The van der Waals surface area contributed by atoms with Gasteiger partial charge < -0.3 is 10.6 Å². The lowest BCUT2D eigenvalue weighted by atomic mass is 10.1. The molecule has 3 rings (SSSR count). The lowest BCUT2D eigenvalue weighted by molar-refractivity contribution is -0.121. The van der Waals surface area contributed by atoms with Gasteiger partial charge in [0, 0.05) is 17.3 Å². The molecule has 0 radical (unpaired) electrons. The molecule has 0 saturated heterocycles. The van der Waals surface area contributed by atoms with Gasteiger partial charge >= 0.3 is 0 Å². The number of rotatable bonds is 6. The molecule has 2 amide bonds. The fourth-order valence-electron chi connectivity index (χ4n) is 2.97. The van der Waals surface area contributed by atoms with Crippen molar-refractivity contribution in [3.8, 4) is 11.3 Å². The summed E-state index contributed by atoms with van der Waals surface area (Å²) in [6.45, 7) is 6.15. The molecule has 0 aliphatic carbocycles. The van der Waals surface area contributed by atoms with E-state index in [4.69, 9.17) is 0 Å². The number of aromatic nitrogens is 2. The average Bonchev–Trinajstić information content (AvgIpc) is 3.10. The van der Waals surface area contributed by atoms with E-state index in [1.165, 1.54) is 0 Å². The second-order valence-electron chi connectivity index (χ2n) is 7.92. The molecule has 6 nitrogen and oxygen atoms in total. The lowest BCUT2D eigenvalue weighted by Crippen LogP contribution is -2.45. The molecule has 0 fully saturated rings. The van der Waals surface area contributed by atoms with Gasteiger partial charge in [-0.05, 0) is 26.3 Å². The van der Waals surface area contributed by atoms with Gasteiger partial charge in [-0.3, -0.25) is 14.3 Å². The molecule has 0 unspecified atom stereocenters. The highest BCUT2D eigenvalue weighted by Gasteiger charge is 2.20. The minimum Gasteiger partial charge on any atom is -0.350 e. The average molecular weight is 390 g/mol. The molecule has 0 bridgehead atoms. The molecule has 1 aromatic heterocycles. The van der Waals surface area contributed by atoms with E-state index in [9.17, 15) is 9.59 Å². The number of carbonyl (C=O) groups excluding carboxylic acids is 2. The zero-order valence-electron chi connectivity index (χ0n) is 17.0. The molecule has 2 N–H and O–H groups in total. The second kappa shape index (κ2) is 8.73. The SMILES string of the molecule is CC(C)(C)NC(=O)CNC(=O)c1cn(Cc2ccccc2)nc1-c1ccccc1. The first-order valence-electron chi connectivity index (χ1n) is 9.58. The topological polar surface area (TPSA) is 76.0 Å². The molecule has 2 aromatic carbocycles. The van der Waals surface area contributed by atoms with Crippen LogP contribution in [-0.4, -0.2) is 33.7 Å². The van der Waals surface area contributed by atoms with Crippen LogP contribution in [0, 0.1) is 0 Å². The Balaban J connectivity index is 1.82. The summed E-state index contributed by atoms with van der Waals surface area (Å²) in [6.07, 6.45) is 1.73. The standard InChI is InChI=1S/C23H26N4O2/c1-23(2,3)25-20(28)14-24-22(29)19-16-27(15-17-10-6-4-7-11-17)26-21(19)18-12-8-5-9-13-18/h4-13,16H,14-15H2,1-3H3,(H,24,29)(H,25,28). The van der Waals surface area contributed by atoms with E-state index in [0.29, 0.717) is 17.8 Å². The molecule has 0 atom stereocenters. The predicted octanol–water partition coefficient (Wildman–Crippen LogP) is 3.24. The van der Waals surface area contributed by atoms with Crippen LogP contribution in [0.2, 0.25) is 0 Å². The third kappa shape index (κ3) is 5.78. The first-order valence-corrected chi connectivity index (χ1v) is 9.58. The van der Waals surface area contributed by atoms with E-state index in [1.807, 2.05) is 81.4 Å². The van der Waals surface area contributed by atoms with E-state index in [1.54, 1.807) is 10.9 Å². The molecule has 29 heavy (non-hydrogen) atoms. The first-order chi connectivity index (χ1) is 13.8. The molecule has 0 saturated carbocycles. The van der Waals surface area contributed by atoms with Gasteiger partial charge in [0.1, 0.15) is 5.69 Å². The Labute approximate surface area is 170 Å². The van der Waals surface area contributed by atoms with Gasteiger partial charge in [0.2, 0.25) is 5.91 Å². The summed E-state index contributed by atoms with van der Waals surface area (Å²) < 4.78 is 1.75. The maximum absolute atomic E-state index is 12.8. The van der Waals surface area contributed by atoms with Crippen molar-refractivity contribution in [2.45, 2.75) is 32.9 Å². The normalized spacial score (nSPS) is 11.1. The van der Waals surface area contributed by atoms with E-state index >= 15 is 0 Å². The number of hydrogen-bond acceptors (Lipinski definition) is 3. The zero-order valence-corrected chi connectivity index (χ0v) is 17.0. The molecule has 0 aliphatic rings. The zero-order chi connectivity index (χ0) is 20.9. The third-order valence-electron chi connectivity index (χ3n) is 4.16. The van der Waals surface area contributed by atoms with E-state index in [2.05, 4.69) is 15.7 Å². The van der Waals surface area contributed by atoms with Gasteiger partial charge in [-0.15, -0.1) is 0 Å². The Morgan fingerprint density at radius 1 is 0.966 bits per heavy atom. The van der Waals surface area contributed by atoms with Crippen molar-refractivity contribution in [1.29, 1.82) is 0 Å². The van der Waals surface area contributed by atoms with Gasteiger partial charge in [0.25, 0.3) is 5.91 Å². The molecular weight excluding hydrogens is 364 g/mol. The number of nitrogens with one attached hydrogen (secondary N) is 2. The van der Waals surface area contributed by atoms with Gasteiger partial charge in [-0.25, -0.2) is 0 Å². The fraction of sp³-hybridized carbons (Fsp3) is 0.261. The maximum atomic E-state index is 12.8. The maximum Gasteiger partial charge on any atom is 0.255 e. The Morgan fingerprint density at radius 2 is 1.59 bits per heavy atom. The van der Waals surface area contributed by atoms with E-state index in [-0.39, 0.29) is 23.9 Å². The number of hydrogen-bond donors (Lipinski definition) is 2. The minimum absolute atomic E-state index is 0.0891. The van der Waals surface area contributed by atoms with Crippen LogP contribution < -0.4 is 10.6 Å². The third-order valence-corrected chi connectivity index (χ3v) is 4.16. The van der Waals surface area contributed by atoms with Crippen LogP contribution in [-0.2, 0) is 11.3 Å². The van der Waals surface area contributed by atoms with Crippen molar-refractivity contribution in [2.24, 2.45) is 0 Å². The monoisotopic (exact) mass is 390 g/mol. The highest BCUT2D eigenvalue weighted by molar-refractivity contribution is 6.01. The number of amides is 2. The Kier molecular flexibility index (Phi) is 6.12. The summed E-state index contributed by atoms with van der Waals surface area (Å²) in [4.78, 5) is 24.9. The number of benzene rings is 2. The smallest absolute Gasteiger partial charge is 0.255 e. The summed E-state index contributed by atoms with van der Waals surface area (Å²) in [5.74, 6) is -0.559. The lowest BCUT2D eigenvalue weighted by Gasteiger charge is -2.20. The second-order valence-corrected chi connectivity index (χ2v) is 7.92. The Hall–Kier alpha value is -3.41. The van der Waals surface area contributed by atoms with Gasteiger partial charge in [0.15, 0.2) is 0 Å². The molecule has 0 aliphatic heterocycles. The van der Waals surface area contributed by atoms with Crippen LogP contribution in [0.15, 0.2) is 66.9 Å². The highest BCUT2D eigenvalue weighted by atomic mass is 16.2. The largest absolute Gasteiger partial charge is 0.350 e. The predicted molar refractivity (Wildman–Crippen MR) is 113 cm³/mol. The molecular formula is C23H26N4O2. The van der Waals surface area contributed by atoms with Crippen LogP contribution in [0.1, 0.15) is 36.7 Å². The number of nitrogens with zero attached hydrogens (tertiary/aromatic N) is 2. The van der Waals surface area contributed by atoms with Crippen molar-refractivity contribution >= 4 is 11.8 Å². The summed E-state index contributed by atoms with van der Waals surface area (Å²) in [6, 6.07) is 19.5. The van der Waals surface area contributed by atoms with Crippen LogP contribution >= 0.6 is 0 Å². The van der Waals surface area contributed by atoms with Gasteiger partial charge in [-0.1, -0.05) is 60.7 Å². The van der Waals surface area contributed by atoms with E-state index < -0.39 is 0 Å². The summed E-state index contributed by atoms with van der Waals surface area (Å²) in [5.41, 5.74) is 2.62. The first kappa shape index (κ1) is 20.3. The summed E-state index contributed by atoms with van der Waals surface area (Å²) in [7, 11) is 0. The molecule has 6 heteroatoms. The Bertz CT molecular complexity index is 973. The van der Waals surface area contributed by atoms with Crippen LogP contribution in [0.25, 0.3) is 11.3 Å². The van der Waals surface area contributed by atoms with Crippen molar-refractivity contribution in [3.05, 3.63) is 78.0 Å². The van der Waals surface area contributed by atoms with Crippen LogP contribution in [0.5, 0.6) is 0 Å². The van der Waals surface area contributed by atoms with E-state index in [0.717, 1.165) is 11.1 Å². The summed E-state index contributed by atoms with van der Waals surface area (Å²) in [5, 5.41) is 10.2. The van der Waals surface area contributed by atoms with Gasteiger partial charge in [0.05, 0.1) is 18.7 Å². The Morgan fingerprint density at radius 3 is 2.21 bits per heavy atom. The highest BCUT2D eigenvalue weighted by Crippen LogP contribution is 2.22. The molecule has 150 valence electrons. The van der Waals surface area contributed by atoms with Gasteiger partial charge in [-0.2, -0.15) is 5.10 Å². The van der Waals surface area contributed by atoms with Crippen molar-refractivity contribution in [2.75, 3.05) is 6.54 Å². The van der Waals surface area contributed by atoms with Crippen molar-refractivity contribution < 1.29 is 9.59 Å². The molecule has 0 spiro atoms. The molecule has 3 aromatic rings. The summed E-state index contributed by atoms with van der Waals surface area (Å²) >= 11 is 0. The van der Waals surface area contributed by atoms with Crippen LogP contribution in [0.4, 0.5) is 0 Å². The van der Waals surface area contributed by atoms with Crippen molar-refractivity contribution in [3.63, 3.8) is 0 Å². The number of carbonyl (C=O) groups is 2.